The molecule has 1 aliphatic rings. The van der Waals surface area contributed by atoms with Crippen molar-refractivity contribution in [3.63, 3.8) is 0 Å². The second-order valence-electron chi connectivity index (χ2n) is 17.1. The topological polar surface area (TPSA) is 189 Å². The molecule has 0 bridgehead atoms. The summed E-state index contributed by atoms with van der Waals surface area (Å²) in [6, 6.07) is -1.20. The van der Waals surface area contributed by atoms with Crippen LogP contribution in [0.5, 0.6) is 0 Å². The van der Waals surface area contributed by atoms with Crippen LogP contribution >= 0.6 is 0 Å². The summed E-state index contributed by atoms with van der Waals surface area (Å²) >= 11 is 0. The molecule has 0 saturated carbocycles. The molecular weight excluding hydrogens is 775 g/mol. The molecule has 0 aromatic carbocycles. The number of hydrogen-bond donors (Lipinski definition) is 8. The van der Waals surface area contributed by atoms with E-state index in [0.29, 0.717) is 19.3 Å². The van der Waals surface area contributed by atoms with Crippen LogP contribution in [0.1, 0.15) is 194 Å². The van der Waals surface area contributed by atoms with Crippen molar-refractivity contribution in [2.75, 3.05) is 13.2 Å². The van der Waals surface area contributed by atoms with Gasteiger partial charge in [0.1, 0.15) is 36.6 Å². The van der Waals surface area contributed by atoms with Crippen molar-refractivity contribution in [2.24, 2.45) is 0 Å². The van der Waals surface area contributed by atoms with E-state index < -0.39 is 74.2 Å². The van der Waals surface area contributed by atoms with Gasteiger partial charge in [0, 0.05) is 0 Å². The molecule has 0 radical (unpaired) electrons. The summed E-state index contributed by atoms with van der Waals surface area (Å²) in [5.74, 6) is -0.719. The summed E-state index contributed by atoms with van der Waals surface area (Å²) in [5, 5.41) is 75.7. The molecule has 11 heteroatoms. The van der Waals surface area contributed by atoms with Gasteiger partial charge in [-0.2, -0.15) is 0 Å². The Hall–Kier alpha value is -1.93. The zero-order valence-corrected chi connectivity index (χ0v) is 38.4. The maximum atomic E-state index is 13.1. The fourth-order valence-electron chi connectivity index (χ4n) is 7.47. The molecule has 11 nitrogen and oxygen atoms in total. The van der Waals surface area contributed by atoms with E-state index in [1.54, 1.807) is 0 Å². The standard InChI is InChI=1S/C50H91NO10/c1-3-5-7-9-11-13-15-17-19-21-22-24-26-28-30-32-34-36-38-43(54)49(59)51-41(40-60-50-48(58)47(57)46(56)44(39-52)61-50)45(55)42(53)37-35-33-31-29-27-25-23-20-18-16-14-12-10-8-6-4-2/h12,14,20-23,29,31,41-48,50,52-58H,3-11,13,15-19,24-28,30,32-40H2,1-2H3,(H,51,59)/b14-12+,22-21-,23-20+,31-29+. The first kappa shape index (κ1) is 57.1. The summed E-state index contributed by atoms with van der Waals surface area (Å²) in [4.78, 5) is 13.1. The van der Waals surface area contributed by atoms with Gasteiger partial charge in [0.2, 0.25) is 5.91 Å². The van der Waals surface area contributed by atoms with Crippen LogP contribution in [0.15, 0.2) is 48.6 Å². The van der Waals surface area contributed by atoms with Crippen LogP contribution in [0.25, 0.3) is 0 Å². The molecule has 0 aromatic heterocycles. The SMILES string of the molecule is CCCCC/C=C/CC/C=C/CC/C=C/CCCC(O)C(O)C(COC1OC(CO)C(O)C(O)C1O)NC(=O)C(O)CCCCCCCC/C=C\CCCCCCCCCC. The van der Waals surface area contributed by atoms with E-state index in [2.05, 4.69) is 67.8 Å². The Morgan fingerprint density at radius 2 is 0.984 bits per heavy atom. The Labute approximate surface area is 370 Å². The number of carbonyl (C=O) groups excluding carboxylic acids is 1. The van der Waals surface area contributed by atoms with Crippen LogP contribution < -0.4 is 5.32 Å². The Bertz CT molecular complexity index is 1130. The van der Waals surface area contributed by atoms with Crippen LogP contribution in [-0.2, 0) is 14.3 Å². The molecule has 1 fully saturated rings. The minimum Gasteiger partial charge on any atom is -0.394 e. The molecule has 0 aliphatic carbocycles. The first-order valence-electron chi connectivity index (χ1n) is 24.5. The summed E-state index contributed by atoms with van der Waals surface area (Å²) < 4.78 is 11.1. The summed E-state index contributed by atoms with van der Waals surface area (Å²) in [6.07, 6.45) is 35.8. The summed E-state index contributed by atoms with van der Waals surface area (Å²) in [5.41, 5.74) is 0. The second kappa shape index (κ2) is 39.6. The molecule has 356 valence electrons. The van der Waals surface area contributed by atoms with E-state index in [1.165, 1.54) is 77.0 Å². The number of amides is 1. The predicted octanol–water partition coefficient (Wildman–Crippen LogP) is 8.56. The van der Waals surface area contributed by atoms with Gasteiger partial charge in [-0.1, -0.05) is 152 Å². The Kier molecular flexibility index (Phi) is 37.1. The fourth-order valence-corrected chi connectivity index (χ4v) is 7.47. The van der Waals surface area contributed by atoms with Crippen molar-refractivity contribution >= 4 is 5.91 Å². The van der Waals surface area contributed by atoms with E-state index >= 15 is 0 Å². The van der Waals surface area contributed by atoms with Gasteiger partial charge in [-0.25, -0.2) is 0 Å². The van der Waals surface area contributed by atoms with Crippen molar-refractivity contribution in [3.05, 3.63) is 48.6 Å². The van der Waals surface area contributed by atoms with Gasteiger partial charge in [-0.15, -0.1) is 0 Å². The van der Waals surface area contributed by atoms with Gasteiger partial charge in [-0.3, -0.25) is 4.79 Å². The van der Waals surface area contributed by atoms with Crippen molar-refractivity contribution in [1.82, 2.24) is 5.32 Å². The molecule has 9 atom stereocenters. The molecule has 1 rings (SSSR count). The van der Waals surface area contributed by atoms with Crippen LogP contribution in [0.2, 0.25) is 0 Å². The quantitative estimate of drug-likeness (QED) is 0.0219. The molecule has 61 heavy (non-hydrogen) atoms. The van der Waals surface area contributed by atoms with Gasteiger partial charge < -0.3 is 50.5 Å². The van der Waals surface area contributed by atoms with Crippen LogP contribution in [-0.4, -0.2) is 110 Å². The Morgan fingerprint density at radius 1 is 0.557 bits per heavy atom. The van der Waals surface area contributed by atoms with Gasteiger partial charge >= 0.3 is 0 Å². The number of rotatable bonds is 40. The monoisotopic (exact) mass is 866 g/mol. The number of carbonyl (C=O) groups is 1. The maximum absolute atomic E-state index is 13.1. The normalized spacial score (nSPS) is 21.9. The van der Waals surface area contributed by atoms with Gasteiger partial charge in [0.05, 0.1) is 25.4 Å². The Morgan fingerprint density at radius 3 is 1.49 bits per heavy atom. The highest BCUT2D eigenvalue weighted by Crippen LogP contribution is 2.23. The van der Waals surface area contributed by atoms with Crippen LogP contribution in [0.3, 0.4) is 0 Å². The highest BCUT2D eigenvalue weighted by molar-refractivity contribution is 5.80. The molecule has 0 aromatic rings. The molecule has 1 heterocycles. The van der Waals surface area contributed by atoms with Crippen molar-refractivity contribution < 1.29 is 50.0 Å². The number of hydrogen-bond acceptors (Lipinski definition) is 10. The fraction of sp³-hybridized carbons (Fsp3) is 0.820. The first-order chi connectivity index (χ1) is 29.7. The third kappa shape index (κ3) is 29.2. The predicted molar refractivity (Wildman–Crippen MR) is 247 cm³/mol. The minimum atomic E-state index is -1.67. The Balaban J connectivity index is 2.47. The van der Waals surface area contributed by atoms with E-state index in [0.717, 1.165) is 70.6 Å². The van der Waals surface area contributed by atoms with E-state index in [9.17, 15) is 40.5 Å². The van der Waals surface area contributed by atoms with Crippen LogP contribution in [0.4, 0.5) is 0 Å². The number of allylic oxidation sites excluding steroid dienone is 8. The number of aliphatic hydroxyl groups is 7. The first-order valence-corrected chi connectivity index (χ1v) is 24.5. The van der Waals surface area contributed by atoms with E-state index in [1.807, 2.05) is 0 Å². The average molecular weight is 866 g/mol. The lowest BCUT2D eigenvalue weighted by Gasteiger charge is -2.40. The van der Waals surface area contributed by atoms with Crippen molar-refractivity contribution in [2.45, 2.75) is 249 Å². The molecule has 8 N–H and O–H groups in total. The highest BCUT2D eigenvalue weighted by Gasteiger charge is 2.44. The lowest BCUT2D eigenvalue weighted by molar-refractivity contribution is -0.303. The maximum Gasteiger partial charge on any atom is 0.249 e. The van der Waals surface area contributed by atoms with Crippen molar-refractivity contribution in [3.8, 4) is 0 Å². The molecule has 1 aliphatic heterocycles. The number of aliphatic hydroxyl groups excluding tert-OH is 7. The molecule has 9 unspecified atom stereocenters. The average Bonchev–Trinajstić information content (AvgIpc) is 3.26. The summed E-state index contributed by atoms with van der Waals surface area (Å²) in [6.45, 7) is 3.38. The highest BCUT2D eigenvalue weighted by atomic mass is 16.7. The summed E-state index contributed by atoms with van der Waals surface area (Å²) in [7, 11) is 0. The third-order valence-corrected chi connectivity index (χ3v) is 11.6. The minimum absolute atomic E-state index is 0.238. The zero-order valence-electron chi connectivity index (χ0n) is 38.4. The van der Waals surface area contributed by atoms with E-state index in [4.69, 9.17) is 9.47 Å². The lowest BCUT2D eigenvalue weighted by atomic mass is 9.98. The largest absolute Gasteiger partial charge is 0.394 e. The number of unbranched alkanes of at least 4 members (excludes halogenated alkanes) is 20. The molecule has 0 spiro atoms. The van der Waals surface area contributed by atoms with Gasteiger partial charge in [-0.05, 0) is 89.9 Å². The number of nitrogens with one attached hydrogen (secondary N) is 1. The molecule has 1 saturated heterocycles. The van der Waals surface area contributed by atoms with Gasteiger partial charge in [0.15, 0.2) is 6.29 Å². The second-order valence-corrected chi connectivity index (χ2v) is 17.1. The molecular formula is C50H91NO10. The number of ether oxygens (including phenoxy) is 2. The third-order valence-electron chi connectivity index (χ3n) is 11.6. The van der Waals surface area contributed by atoms with E-state index in [-0.39, 0.29) is 12.8 Å². The smallest absolute Gasteiger partial charge is 0.249 e. The lowest BCUT2D eigenvalue weighted by Crippen LogP contribution is -2.60. The molecule has 1 amide bonds. The van der Waals surface area contributed by atoms with Crippen molar-refractivity contribution in [1.29, 1.82) is 0 Å². The zero-order chi connectivity index (χ0) is 44.8. The van der Waals surface area contributed by atoms with Gasteiger partial charge in [0.25, 0.3) is 0 Å². The van der Waals surface area contributed by atoms with Crippen LogP contribution in [0, 0.1) is 0 Å².